The van der Waals surface area contributed by atoms with Crippen LogP contribution in [-0.2, 0) is 6.61 Å². The molecule has 0 saturated carbocycles. The molecule has 2 N–H and O–H groups in total. The molecule has 0 bridgehead atoms. The minimum absolute atomic E-state index is 0.0984. The normalized spacial score (nSPS) is 15.2. The lowest BCUT2D eigenvalue weighted by Gasteiger charge is -2.34. The van der Waals surface area contributed by atoms with Gasteiger partial charge >= 0.3 is 6.03 Å². The number of aliphatic hydroxyl groups is 1. The third-order valence-corrected chi connectivity index (χ3v) is 6.10. The molecule has 1 heterocycles. The van der Waals surface area contributed by atoms with Gasteiger partial charge in [0, 0.05) is 18.8 Å². The van der Waals surface area contributed by atoms with Gasteiger partial charge in [0.25, 0.3) is 0 Å². The van der Waals surface area contributed by atoms with Gasteiger partial charge in [-0.2, -0.15) is 0 Å². The number of hydrogen-bond donors (Lipinski definition) is 2. The summed E-state index contributed by atoms with van der Waals surface area (Å²) in [6.07, 6.45) is 1.09. The molecule has 0 aliphatic carbocycles. The summed E-state index contributed by atoms with van der Waals surface area (Å²) in [5, 5.41) is 13.7. The van der Waals surface area contributed by atoms with Gasteiger partial charge in [0.05, 0.1) is 6.10 Å². The second-order valence-electron chi connectivity index (χ2n) is 8.36. The van der Waals surface area contributed by atoms with Crippen LogP contribution in [0.5, 0.6) is 5.75 Å². The van der Waals surface area contributed by atoms with Crippen molar-refractivity contribution >= 4 is 11.7 Å². The van der Waals surface area contributed by atoms with Crippen molar-refractivity contribution in [3.8, 4) is 5.75 Å². The predicted octanol–water partition coefficient (Wildman–Crippen LogP) is 5.55. The van der Waals surface area contributed by atoms with E-state index in [9.17, 15) is 9.90 Å². The minimum atomic E-state index is -0.480. The van der Waals surface area contributed by atoms with Gasteiger partial charge < -0.3 is 20.1 Å². The molecule has 1 atom stereocenters. The lowest BCUT2D eigenvalue weighted by atomic mass is 9.87. The van der Waals surface area contributed by atoms with E-state index in [-0.39, 0.29) is 11.9 Å². The van der Waals surface area contributed by atoms with E-state index in [0.717, 1.165) is 41.0 Å². The van der Waals surface area contributed by atoms with Crippen molar-refractivity contribution in [2.24, 2.45) is 5.92 Å². The number of hydrogen-bond acceptors (Lipinski definition) is 3. The Bertz CT molecular complexity index is 1020. The number of carbonyl (C=O) groups excluding carboxylic acids is 1. The molecule has 0 radical (unpaired) electrons. The van der Waals surface area contributed by atoms with E-state index < -0.39 is 6.10 Å². The SMILES string of the molecule is Cc1cc(OCc2ccccc2)ccc1NC(=O)N1CCC(C(O)c2ccccc2)CC1. The predicted molar refractivity (Wildman–Crippen MR) is 127 cm³/mol. The highest BCUT2D eigenvalue weighted by atomic mass is 16.5. The zero-order chi connectivity index (χ0) is 22.3. The van der Waals surface area contributed by atoms with E-state index in [2.05, 4.69) is 5.32 Å². The fraction of sp³-hybridized carbons (Fsp3) is 0.296. The highest BCUT2D eigenvalue weighted by Gasteiger charge is 2.28. The van der Waals surface area contributed by atoms with Gasteiger partial charge in [-0.05, 0) is 60.6 Å². The first-order valence-corrected chi connectivity index (χ1v) is 11.2. The monoisotopic (exact) mass is 430 g/mol. The van der Waals surface area contributed by atoms with E-state index in [1.54, 1.807) is 0 Å². The molecule has 0 aromatic heterocycles. The first kappa shape index (κ1) is 21.9. The van der Waals surface area contributed by atoms with E-state index in [1.807, 2.05) is 90.7 Å². The van der Waals surface area contributed by atoms with Crippen LogP contribution in [-0.4, -0.2) is 29.1 Å². The second-order valence-corrected chi connectivity index (χ2v) is 8.36. The molecular formula is C27H30N2O3. The van der Waals surface area contributed by atoms with Crippen LogP contribution in [0.2, 0.25) is 0 Å². The largest absolute Gasteiger partial charge is 0.489 e. The van der Waals surface area contributed by atoms with Gasteiger partial charge in [0.1, 0.15) is 12.4 Å². The van der Waals surface area contributed by atoms with Gasteiger partial charge in [-0.1, -0.05) is 60.7 Å². The number of piperidine rings is 1. The summed E-state index contributed by atoms with van der Waals surface area (Å²) in [6, 6.07) is 25.4. The fourth-order valence-electron chi connectivity index (χ4n) is 4.14. The van der Waals surface area contributed by atoms with Gasteiger partial charge in [0.2, 0.25) is 0 Å². The molecule has 1 fully saturated rings. The Hall–Kier alpha value is -3.31. The van der Waals surface area contributed by atoms with Crippen molar-refractivity contribution in [1.82, 2.24) is 4.90 Å². The summed E-state index contributed by atoms with van der Waals surface area (Å²) in [7, 11) is 0. The first-order chi connectivity index (χ1) is 15.6. The number of amides is 2. The van der Waals surface area contributed by atoms with E-state index in [1.165, 1.54) is 0 Å². The van der Waals surface area contributed by atoms with Crippen LogP contribution >= 0.6 is 0 Å². The summed E-state index contributed by atoms with van der Waals surface area (Å²) >= 11 is 0. The van der Waals surface area contributed by atoms with Gasteiger partial charge in [-0.25, -0.2) is 4.79 Å². The van der Waals surface area contributed by atoms with Crippen molar-refractivity contribution in [2.75, 3.05) is 18.4 Å². The Kier molecular flexibility index (Phi) is 7.07. The first-order valence-electron chi connectivity index (χ1n) is 11.2. The van der Waals surface area contributed by atoms with Crippen molar-refractivity contribution in [2.45, 2.75) is 32.5 Å². The molecule has 3 aromatic rings. The third-order valence-electron chi connectivity index (χ3n) is 6.10. The fourth-order valence-corrected chi connectivity index (χ4v) is 4.14. The average Bonchev–Trinajstić information content (AvgIpc) is 2.85. The maximum atomic E-state index is 12.8. The van der Waals surface area contributed by atoms with E-state index in [0.29, 0.717) is 19.7 Å². The molecule has 5 heteroatoms. The lowest BCUT2D eigenvalue weighted by Crippen LogP contribution is -2.42. The average molecular weight is 431 g/mol. The number of aliphatic hydroxyl groups excluding tert-OH is 1. The molecule has 2 amide bonds. The summed E-state index contributed by atoms with van der Waals surface area (Å²) in [5.74, 6) is 0.948. The Balaban J connectivity index is 1.28. The van der Waals surface area contributed by atoms with Crippen LogP contribution in [0.15, 0.2) is 78.9 Å². The molecule has 1 aliphatic heterocycles. The topological polar surface area (TPSA) is 61.8 Å². The van der Waals surface area contributed by atoms with Gasteiger partial charge in [-0.15, -0.1) is 0 Å². The quantitative estimate of drug-likeness (QED) is 0.539. The highest BCUT2D eigenvalue weighted by Crippen LogP contribution is 2.31. The van der Waals surface area contributed by atoms with Crippen LogP contribution in [0.1, 0.15) is 35.6 Å². The number of benzene rings is 3. The molecule has 1 unspecified atom stereocenters. The highest BCUT2D eigenvalue weighted by molar-refractivity contribution is 5.90. The lowest BCUT2D eigenvalue weighted by molar-refractivity contribution is 0.0683. The Labute approximate surface area is 189 Å². The molecule has 0 spiro atoms. The summed E-state index contributed by atoms with van der Waals surface area (Å²) in [6.45, 7) is 3.75. The molecular weight excluding hydrogens is 400 g/mol. The zero-order valence-electron chi connectivity index (χ0n) is 18.4. The molecule has 166 valence electrons. The number of likely N-dealkylation sites (tertiary alicyclic amines) is 1. The van der Waals surface area contributed by atoms with Crippen LogP contribution in [0.3, 0.4) is 0 Å². The third kappa shape index (κ3) is 5.48. The number of urea groups is 1. The molecule has 4 rings (SSSR count). The number of carbonyl (C=O) groups is 1. The molecule has 5 nitrogen and oxygen atoms in total. The molecule has 1 saturated heterocycles. The maximum Gasteiger partial charge on any atom is 0.321 e. The second kappa shape index (κ2) is 10.3. The van der Waals surface area contributed by atoms with Crippen molar-refractivity contribution in [1.29, 1.82) is 0 Å². The van der Waals surface area contributed by atoms with Crippen molar-refractivity contribution < 1.29 is 14.6 Å². The van der Waals surface area contributed by atoms with Crippen molar-refractivity contribution in [3.05, 3.63) is 95.6 Å². The van der Waals surface area contributed by atoms with Crippen LogP contribution in [0.25, 0.3) is 0 Å². The number of nitrogens with one attached hydrogen (secondary N) is 1. The standard InChI is InChI=1S/C27H30N2O3/c1-20-18-24(32-19-21-8-4-2-5-9-21)12-13-25(20)28-27(31)29-16-14-23(15-17-29)26(30)22-10-6-3-7-11-22/h2-13,18,23,26,30H,14-17,19H2,1H3,(H,28,31). The maximum absolute atomic E-state index is 12.8. The molecule has 32 heavy (non-hydrogen) atoms. The van der Waals surface area contributed by atoms with Gasteiger partial charge in [-0.3, -0.25) is 0 Å². The zero-order valence-corrected chi connectivity index (χ0v) is 18.4. The number of anilines is 1. The van der Waals surface area contributed by atoms with Gasteiger partial charge in [0.15, 0.2) is 0 Å². The van der Waals surface area contributed by atoms with Crippen LogP contribution in [0, 0.1) is 12.8 Å². The Morgan fingerprint density at radius 1 is 1.03 bits per heavy atom. The number of nitrogens with zero attached hydrogens (tertiary/aromatic N) is 1. The Morgan fingerprint density at radius 3 is 2.34 bits per heavy atom. The number of aryl methyl sites for hydroxylation is 1. The van der Waals surface area contributed by atoms with E-state index >= 15 is 0 Å². The minimum Gasteiger partial charge on any atom is -0.489 e. The summed E-state index contributed by atoms with van der Waals surface area (Å²) in [5.41, 5.74) is 3.80. The van der Waals surface area contributed by atoms with Crippen LogP contribution < -0.4 is 10.1 Å². The number of ether oxygens (including phenoxy) is 1. The summed E-state index contributed by atoms with van der Waals surface area (Å²) in [4.78, 5) is 14.6. The summed E-state index contributed by atoms with van der Waals surface area (Å²) < 4.78 is 5.87. The van der Waals surface area contributed by atoms with E-state index in [4.69, 9.17) is 4.74 Å². The van der Waals surface area contributed by atoms with Crippen LogP contribution in [0.4, 0.5) is 10.5 Å². The van der Waals surface area contributed by atoms with Crippen molar-refractivity contribution in [3.63, 3.8) is 0 Å². The Morgan fingerprint density at radius 2 is 1.69 bits per heavy atom. The number of rotatable bonds is 6. The molecule has 3 aromatic carbocycles. The molecule has 1 aliphatic rings. The smallest absolute Gasteiger partial charge is 0.321 e.